The predicted molar refractivity (Wildman–Crippen MR) is 342 cm³/mol. The van der Waals surface area contributed by atoms with Gasteiger partial charge in [-0.1, -0.05) is 285 Å². The number of ether oxygens (including phenoxy) is 3. The van der Waals surface area contributed by atoms with Crippen LogP contribution in [0.4, 0.5) is 0 Å². The molecule has 0 bridgehead atoms. The molecule has 0 spiro atoms. The van der Waals surface area contributed by atoms with E-state index in [1.165, 1.54) is 148 Å². The molecule has 82 heavy (non-hydrogen) atoms. The van der Waals surface area contributed by atoms with Gasteiger partial charge in [0.05, 0.1) is 25.4 Å². The second kappa shape index (κ2) is 58.0. The van der Waals surface area contributed by atoms with Gasteiger partial charge in [-0.3, -0.25) is 9.59 Å². The van der Waals surface area contributed by atoms with Crippen LogP contribution in [0.5, 0.6) is 0 Å². The minimum Gasteiger partial charge on any atom is -0.454 e. The van der Waals surface area contributed by atoms with Crippen LogP contribution in [-0.4, -0.2) is 99.6 Å². The molecule has 1 rings (SSSR count). The standard InChI is InChI=1S/C71H123NO10/c1-4-7-10-13-16-19-22-25-27-28-29-30-31-32-33-34-35-36-37-38-39-41-44-47-50-53-56-59-66(76)82-69-68(78)67(77)65(60-73)81-71(69)80-61-62(63(74)57-54-51-48-45-42-24-21-18-15-12-9-6-3)72-70(79)64(75)58-55-52-49-46-43-40-26-23-20-17-14-11-8-5-2/h8,11,14,16-17,19-20,23,25-27,29-30,40,54,57,62-65,67-69,71,73-75,77-78H,4-7,9-10,12-13,15,18,21-22,24,28,31-39,41-53,55-56,58-61H2,1-3H3,(H,72,79)/b11-8+,17-14+,19-16-,23-20+,27-25-,30-29-,40-26-,57-54+. The van der Waals surface area contributed by atoms with Crippen LogP contribution in [0.2, 0.25) is 0 Å². The Labute approximate surface area is 501 Å². The number of hydrogen-bond acceptors (Lipinski definition) is 10. The van der Waals surface area contributed by atoms with E-state index in [4.69, 9.17) is 14.2 Å². The molecule has 0 aromatic heterocycles. The third-order valence-corrected chi connectivity index (χ3v) is 15.3. The predicted octanol–water partition coefficient (Wildman–Crippen LogP) is 16.7. The number of esters is 1. The molecule has 0 aromatic carbocycles. The Bertz CT molecular complexity index is 1700. The average molecular weight is 1150 g/mol. The first kappa shape index (κ1) is 76.6. The molecule has 11 nitrogen and oxygen atoms in total. The smallest absolute Gasteiger partial charge is 0.306 e. The van der Waals surface area contributed by atoms with E-state index in [1.807, 2.05) is 42.5 Å². The van der Waals surface area contributed by atoms with E-state index in [1.54, 1.807) is 6.08 Å². The van der Waals surface area contributed by atoms with E-state index in [-0.39, 0.29) is 19.4 Å². The molecule has 1 aliphatic rings. The number of aliphatic hydroxyl groups is 5. The number of allylic oxidation sites excluding steroid dienone is 15. The summed E-state index contributed by atoms with van der Waals surface area (Å²) in [6, 6.07) is -1.04. The lowest BCUT2D eigenvalue weighted by molar-refractivity contribution is -0.305. The van der Waals surface area contributed by atoms with Crippen LogP contribution in [0.15, 0.2) is 97.2 Å². The molecule has 0 aliphatic carbocycles. The summed E-state index contributed by atoms with van der Waals surface area (Å²) in [5.74, 6) is -1.22. The molecular weight excluding hydrogens is 1030 g/mol. The number of hydrogen-bond donors (Lipinski definition) is 6. The summed E-state index contributed by atoms with van der Waals surface area (Å²) in [6.45, 7) is 5.61. The van der Waals surface area contributed by atoms with Gasteiger partial charge in [-0.05, 0) is 83.5 Å². The molecule has 1 aliphatic heterocycles. The number of aliphatic hydroxyl groups excluding tert-OH is 5. The quantitative estimate of drug-likeness (QED) is 0.0149. The van der Waals surface area contributed by atoms with Crippen LogP contribution < -0.4 is 5.32 Å². The normalized spacial score (nSPS) is 19.2. The van der Waals surface area contributed by atoms with E-state index >= 15 is 0 Å². The first-order valence-corrected chi connectivity index (χ1v) is 33.6. The minimum atomic E-state index is -1.62. The van der Waals surface area contributed by atoms with E-state index in [0.717, 1.165) is 83.5 Å². The van der Waals surface area contributed by atoms with Crippen LogP contribution in [0, 0.1) is 0 Å². The highest BCUT2D eigenvalue weighted by atomic mass is 16.7. The Morgan fingerprint density at radius 2 is 0.927 bits per heavy atom. The van der Waals surface area contributed by atoms with Crippen LogP contribution in [0.25, 0.3) is 0 Å². The van der Waals surface area contributed by atoms with Crippen molar-refractivity contribution in [3.8, 4) is 0 Å². The number of carbonyl (C=O) groups excluding carboxylic acids is 2. The van der Waals surface area contributed by atoms with Crippen LogP contribution in [0.1, 0.15) is 278 Å². The molecular formula is C71H123NO10. The fourth-order valence-electron chi connectivity index (χ4n) is 10.0. The fourth-order valence-corrected chi connectivity index (χ4v) is 10.0. The highest BCUT2D eigenvalue weighted by Crippen LogP contribution is 2.26. The number of unbranched alkanes of at least 4 members (excludes halogenated alkanes) is 31. The number of amides is 1. The Kier molecular flexibility index (Phi) is 54.2. The molecule has 1 saturated heterocycles. The SMILES string of the molecule is CC/C=C/C=C/C=C/C=C\CCCCCCC(O)C(=O)NC(COC1OC(CO)C(O)C(O)C1OC(=O)CCCCCCCCCCCCCCCC/C=C\C/C=C\C/C=C\CCCCC)C(O)/C=C/CCCCCCCCCCCC. The number of rotatable bonds is 56. The van der Waals surface area contributed by atoms with Gasteiger partial charge in [0.25, 0.3) is 0 Å². The van der Waals surface area contributed by atoms with E-state index in [9.17, 15) is 35.1 Å². The Hall–Kier alpha value is -3.42. The first-order valence-electron chi connectivity index (χ1n) is 33.6. The first-order chi connectivity index (χ1) is 40.2. The third-order valence-electron chi connectivity index (χ3n) is 15.3. The second-order valence-electron chi connectivity index (χ2n) is 22.9. The van der Waals surface area contributed by atoms with Crippen molar-refractivity contribution in [3.05, 3.63) is 97.2 Å². The summed E-state index contributed by atoms with van der Waals surface area (Å²) >= 11 is 0. The molecule has 11 heteroatoms. The van der Waals surface area contributed by atoms with Crippen molar-refractivity contribution in [1.82, 2.24) is 5.32 Å². The van der Waals surface area contributed by atoms with Crippen molar-refractivity contribution >= 4 is 11.9 Å². The molecule has 0 saturated carbocycles. The summed E-state index contributed by atoms with van der Waals surface area (Å²) in [7, 11) is 0. The zero-order valence-corrected chi connectivity index (χ0v) is 52.3. The zero-order valence-electron chi connectivity index (χ0n) is 52.3. The van der Waals surface area contributed by atoms with Crippen LogP contribution in [-0.2, 0) is 23.8 Å². The number of carbonyl (C=O) groups is 2. The maximum atomic E-state index is 13.4. The Morgan fingerprint density at radius 3 is 1.45 bits per heavy atom. The Balaban J connectivity index is 2.56. The molecule has 1 fully saturated rings. The van der Waals surface area contributed by atoms with Crippen molar-refractivity contribution in [2.45, 2.75) is 327 Å². The van der Waals surface area contributed by atoms with Gasteiger partial charge in [-0.2, -0.15) is 0 Å². The summed E-state index contributed by atoms with van der Waals surface area (Å²) < 4.78 is 17.6. The van der Waals surface area contributed by atoms with E-state index < -0.39 is 67.4 Å². The summed E-state index contributed by atoms with van der Waals surface area (Å²) in [5.41, 5.74) is 0. The summed E-state index contributed by atoms with van der Waals surface area (Å²) in [5, 5.41) is 57.0. The van der Waals surface area contributed by atoms with Gasteiger partial charge >= 0.3 is 5.97 Å². The highest BCUT2D eigenvalue weighted by molar-refractivity contribution is 5.80. The highest BCUT2D eigenvalue weighted by Gasteiger charge is 2.47. The molecule has 0 radical (unpaired) electrons. The summed E-state index contributed by atoms with van der Waals surface area (Å²) in [6.07, 6.45) is 67.4. The average Bonchev–Trinajstić information content (AvgIpc) is 3.68. The molecule has 1 heterocycles. The van der Waals surface area contributed by atoms with Crippen molar-refractivity contribution in [2.24, 2.45) is 0 Å². The van der Waals surface area contributed by atoms with Gasteiger partial charge in [-0.15, -0.1) is 0 Å². The molecule has 0 aromatic rings. The van der Waals surface area contributed by atoms with Gasteiger partial charge in [0.1, 0.15) is 24.4 Å². The number of nitrogens with one attached hydrogen (secondary N) is 1. The fraction of sp³-hybridized carbons (Fsp3) is 0.746. The van der Waals surface area contributed by atoms with Crippen molar-refractivity contribution in [2.75, 3.05) is 13.2 Å². The third kappa shape index (κ3) is 45.0. The minimum absolute atomic E-state index is 0.116. The largest absolute Gasteiger partial charge is 0.454 e. The maximum Gasteiger partial charge on any atom is 0.306 e. The van der Waals surface area contributed by atoms with E-state index in [2.05, 4.69) is 74.7 Å². The molecule has 1 amide bonds. The van der Waals surface area contributed by atoms with Crippen molar-refractivity contribution in [1.29, 1.82) is 0 Å². The van der Waals surface area contributed by atoms with Crippen LogP contribution in [0.3, 0.4) is 0 Å². The van der Waals surface area contributed by atoms with Gasteiger partial charge in [0.15, 0.2) is 12.4 Å². The second-order valence-corrected chi connectivity index (χ2v) is 22.9. The lowest BCUT2D eigenvalue weighted by atomic mass is 9.99. The van der Waals surface area contributed by atoms with Crippen LogP contribution >= 0.6 is 0 Å². The molecule has 8 atom stereocenters. The maximum absolute atomic E-state index is 13.4. The molecule has 472 valence electrons. The van der Waals surface area contributed by atoms with Gasteiger partial charge in [-0.25, -0.2) is 0 Å². The zero-order chi connectivity index (χ0) is 59.6. The lowest BCUT2D eigenvalue weighted by Crippen LogP contribution is -2.61. The van der Waals surface area contributed by atoms with Crippen molar-refractivity contribution in [3.63, 3.8) is 0 Å². The Morgan fingerprint density at radius 1 is 0.500 bits per heavy atom. The topological polar surface area (TPSA) is 175 Å². The van der Waals surface area contributed by atoms with Gasteiger partial charge < -0.3 is 45.1 Å². The van der Waals surface area contributed by atoms with E-state index in [0.29, 0.717) is 12.8 Å². The molecule has 8 unspecified atom stereocenters. The van der Waals surface area contributed by atoms with Gasteiger partial charge in [0.2, 0.25) is 5.91 Å². The lowest BCUT2D eigenvalue weighted by Gasteiger charge is -2.41. The van der Waals surface area contributed by atoms with Crippen molar-refractivity contribution < 1.29 is 49.3 Å². The monoisotopic (exact) mass is 1150 g/mol. The summed E-state index contributed by atoms with van der Waals surface area (Å²) in [4.78, 5) is 26.6. The van der Waals surface area contributed by atoms with Gasteiger partial charge in [0, 0.05) is 6.42 Å². The molecule has 6 N–H and O–H groups in total.